The molecule has 1 aromatic carbocycles. The summed E-state index contributed by atoms with van der Waals surface area (Å²) < 4.78 is 0. The quantitative estimate of drug-likeness (QED) is 0.570. The minimum Gasteiger partial charge on any atom is -0.508 e. The molecule has 2 nitrogen and oxygen atoms in total. The van der Waals surface area contributed by atoms with Crippen LogP contribution in [0, 0.1) is 6.92 Å². The molecule has 3 rings (SSSR count). The molecule has 0 saturated heterocycles. The Hall–Kier alpha value is -1.96. The predicted octanol–water partition coefficient (Wildman–Crippen LogP) is 3.29. The molecule has 1 aromatic rings. The first-order valence-electron chi connectivity index (χ1n) is 4.96. The van der Waals surface area contributed by atoms with Crippen LogP contribution in [-0.4, -0.2) is 10.1 Å². The van der Waals surface area contributed by atoms with E-state index in [1.54, 1.807) is 12.1 Å². The maximum absolute atomic E-state index is 9.48. The summed E-state index contributed by atoms with van der Waals surface area (Å²) in [5, 5.41) is 10.6. The summed E-state index contributed by atoms with van der Waals surface area (Å²) in [6.07, 6.45) is 0. The molecule has 0 bridgehead atoms. The third kappa shape index (κ3) is 1.11. The molecule has 0 radical (unpaired) electrons. The van der Waals surface area contributed by atoms with Crippen LogP contribution in [-0.2, 0) is 0 Å². The third-order valence-corrected chi connectivity index (χ3v) is 2.84. The highest BCUT2D eigenvalue weighted by atomic mass is 16.3. The number of aromatic nitrogens is 1. The second kappa shape index (κ2) is 2.76. The fourth-order valence-electron chi connectivity index (χ4n) is 2.12. The average Bonchev–Trinajstić information content (AvgIpc) is 2.69. The third-order valence-electron chi connectivity index (χ3n) is 2.84. The Morgan fingerprint density at radius 2 is 1.87 bits per heavy atom. The van der Waals surface area contributed by atoms with E-state index in [4.69, 9.17) is 0 Å². The number of pyridine rings is 1. The minimum atomic E-state index is 0.308. The van der Waals surface area contributed by atoms with Crippen molar-refractivity contribution in [2.24, 2.45) is 0 Å². The Morgan fingerprint density at radius 3 is 2.73 bits per heavy atom. The van der Waals surface area contributed by atoms with Gasteiger partial charge in [0.25, 0.3) is 0 Å². The number of hydrogen-bond donors (Lipinski definition) is 2. The molecule has 2 N–H and O–H groups in total. The molecule has 15 heavy (non-hydrogen) atoms. The van der Waals surface area contributed by atoms with Crippen molar-refractivity contribution in [2.45, 2.75) is 6.92 Å². The monoisotopic (exact) mass is 197 g/mol. The van der Waals surface area contributed by atoms with Gasteiger partial charge in [0.05, 0.1) is 0 Å². The molecular formula is C13H11NO. The zero-order chi connectivity index (χ0) is 10.4. The van der Waals surface area contributed by atoms with Crippen molar-refractivity contribution in [3.63, 3.8) is 0 Å². The number of phenols is 1. The van der Waals surface area contributed by atoms with Crippen LogP contribution in [0.3, 0.4) is 0 Å². The van der Waals surface area contributed by atoms with E-state index in [0.717, 1.165) is 16.6 Å². The van der Waals surface area contributed by atoms with Gasteiger partial charge in [-0.05, 0) is 30.7 Å². The number of benzene rings is 1. The number of aryl methyl sites for hydroxylation is 1. The number of rotatable bonds is 0. The van der Waals surface area contributed by atoms with E-state index in [-0.39, 0.29) is 0 Å². The van der Waals surface area contributed by atoms with Gasteiger partial charge in [-0.15, -0.1) is 0 Å². The van der Waals surface area contributed by atoms with Crippen molar-refractivity contribution in [3.8, 4) is 16.9 Å². The van der Waals surface area contributed by atoms with Crippen molar-refractivity contribution >= 4 is 10.9 Å². The smallest absolute Gasteiger partial charge is 0.116 e. The summed E-state index contributed by atoms with van der Waals surface area (Å²) in [6, 6.07) is 11.6. The topological polar surface area (TPSA) is 36.0 Å². The zero-order valence-corrected chi connectivity index (χ0v) is 8.41. The summed E-state index contributed by atoms with van der Waals surface area (Å²) in [7, 11) is 0. The number of hydrogen-bond acceptors (Lipinski definition) is 1. The molecule has 74 valence electrons. The van der Waals surface area contributed by atoms with Gasteiger partial charge < -0.3 is 10.1 Å². The van der Waals surface area contributed by atoms with Gasteiger partial charge in [0.1, 0.15) is 5.75 Å². The number of nitrogens with one attached hydrogen (secondary N) is 1. The van der Waals surface area contributed by atoms with Crippen molar-refractivity contribution in [3.05, 3.63) is 42.1 Å². The highest BCUT2D eigenvalue weighted by Gasteiger charge is 2.10. The second-order valence-electron chi connectivity index (χ2n) is 3.83. The van der Waals surface area contributed by atoms with Crippen LogP contribution in [0.2, 0.25) is 0 Å². The van der Waals surface area contributed by atoms with Crippen molar-refractivity contribution < 1.29 is 5.11 Å². The Balaban J connectivity index is 2.54. The molecule has 0 saturated carbocycles. The number of aromatic amines is 1. The molecule has 0 fully saturated rings. The SMILES string of the molecule is Cc1[nH]c2ccc(O)cc2c2cccc1-2. The van der Waals surface area contributed by atoms with Gasteiger partial charge in [-0.2, -0.15) is 0 Å². The Labute approximate surface area is 87.5 Å². The van der Waals surface area contributed by atoms with Gasteiger partial charge in [-0.25, -0.2) is 0 Å². The summed E-state index contributed by atoms with van der Waals surface area (Å²) in [6.45, 7) is 2.06. The normalized spacial score (nSPS) is 11.3. The molecule has 2 heteroatoms. The summed E-state index contributed by atoms with van der Waals surface area (Å²) >= 11 is 0. The predicted molar refractivity (Wildman–Crippen MR) is 61.3 cm³/mol. The van der Waals surface area contributed by atoms with Crippen LogP contribution in [0.15, 0.2) is 36.4 Å². The van der Waals surface area contributed by atoms with Crippen LogP contribution in [0.1, 0.15) is 5.69 Å². The van der Waals surface area contributed by atoms with Crippen LogP contribution in [0.25, 0.3) is 22.0 Å². The number of H-pyrrole nitrogens is 1. The summed E-state index contributed by atoms with van der Waals surface area (Å²) in [4.78, 5) is 3.33. The molecule has 0 spiro atoms. The maximum Gasteiger partial charge on any atom is 0.116 e. The van der Waals surface area contributed by atoms with E-state index in [1.165, 1.54) is 11.1 Å². The average molecular weight is 197 g/mol. The molecule has 0 aromatic heterocycles. The van der Waals surface area contributed by atoms with Crippen molar-refractivity contribution in [1.29, 1.82) is 0 Å². The number of aromatic hydroxyl groups is 1. The van der Waals surface area contributed by atoms with Gasteiger partial charge >= 0.3 is 0 Å². The lowest BCUT2D eigenvalue weighted by molar-refractivity contribution is 0.476. The minimum absolute atomic E-state index is 0.308. The lowest BCUT2D eigenvalue weighted by Gasteiger charge is -2.09. The van der Waals surface area contributed by atoms with Gasteiger partial charge in [0.2, 0.25) is 0 Å². The summed E-state index contributed by atoms with van der Waals surface area (Å²) in [5.74, 6) is 0.308. The van der Waals surface area contributed by atoms with Crippen LogP contribution in [0.4, 0.5) is 0 Å². The maximum atomic E-state index is 9.48. The largest absolute Gasteiger partial charge is 0.508 e. The van der Waals surface area contributed by atoms with E-state index < -0.39 is 0 Å². The van der Waals surface area contributed by atoms with Gasteiger partial charge in [-0.1, -0.05) is 18.2 Å². The first-order chi connectivity index (χ1) is 7.25. The Kier molecular flexibility index (Phi) is 1.54. The van der Waals surface area contributed by atoms with Crippen LogP contribution in [0.5, 0.6) is 5.75 Å². The highest BCUT2D eigenvalue weighted by molar-refractivity contribution is 5.97. The zero-order valence-electron chi connectivity index (χ0n) is 8.41. The highest BCUT2D eigenvalue weighted by Crippen LogP contribution is 2.34. The van der Waals surface area contributed by atoms with Crippen molar-refractivity contribution in [2.75, 3.05) is 0 Å². The molecule has 0 unspecified atom stereocenters. The molecule has 2 aliphatic rings. The van der Waals surface area contributed by atoms with Crippen LogP contribution < -0.4 is 0 Å². The van der Waals surface area contributed by atoms with E-state index in [9.17, 15) is 5.11 Å². The molecule has 1 heterocycles. The molecule has 1 aliphatic carbocycles. The Bertz CT molecular complexity index is 609. The Morgan fingerprint density at radius 1 is 1.07 bits per heavy atom. The standard InChI is InChI=1S/C13H11NO/c1-8-10-3-2-4-11(10)12-7-9(15)5-6-13(12)14-8/h2-7,14-15H,1H3. The number of phenolic OH excluding ortho intramolecular Hbond substituents is 1. The fraction of sp³-hybridized carbons (Fsp3) is 0.0769. The van der Waals surface area contributed by atoms with Gasteiger partial charge in [0.15, 0.2) is 0 Å². The number of fused-ring (bicyclic) bond motifs is 3. The molecule has 0 atom stereocenters. The molecule has 1 aliphatic heterocycles. The first kappa shape index (κ1) is 8.36. The lowest BCUT2D eigenvalue weighted by atomic mass is 10.0. The molecular weight excluding hydrogens is 186 g/mol. The van der Waals surface area contributed by atoms with E-state index in [2.05, 4.69) is 24.0 Å². The second-order valence-corrected chi connectivity index (χ2v) is 3.83. The van der Waals surface area contributed by atoms with E-state index in [1.807, 2.05) is 12.1 Å². The lowest BCUT2D eigenvalue weighted by Crippen LogP contribution is -1.89. The van der Waals surface area contributed by atoms with E-state index in [0.29, 0.717) is 5.75 Å². The van der Waals surface area contributed by atoms with Gasteiger partial charge in [-0.3, -0.25) is 0 Å². The first-order valence-corrected chi connectivity index (χ1v) is 4.96. The fourth-order valence-corrected chi connectivity index (χ4v) is 2.12. The van der Waals surface area contributed by atoms with Crippen LogP contribution >= 0.6 is 0 Å². The van der Waals surface area contributed by atoms with E-state index >= 15 is 0 Å². The van der Waals surface area contributed by atoms with Gasteiger partial charge in [0, 0.05) is 22.2 Å². The summed E-state index contributed by atoms with van der Waals surface area (Å²) in [5.41, 5.74) is 4.63. The molecule has 0 amide bonds. The van der Waals surface area contributed by atoms with Crippen molar-refractivity contribution in [1.82, 2.24) is 4.98 Å².